The molecule has 92 valence electrons. The van der Waals surface area contributed by atoms with Crippen LogP contribution in [0.1, 0.15) is 12.5 Å². The third kappa shape index (κ3) is 4.82. The van der Waals surface area contributed by atoms with E-state index in [1.165, 1.54) is 0 Å². The SMILES string of the molecule is CCOC(=O)C(C=S(=O)=O)Cc1ccccc1. The summed E-state index contributed by atoms with van der Waals surface area (Å²) in [5.74, 6) is -1.27. The Morgan fingerprint density at radius 3 is 2.53 bits per heavy atom. The Labute approximate surface area is 102 Å². The second kappa shape index (κ2) is 6.85. The summed E-state index contributed by atoms with van der Waals surface area (Å²) in [6.45, 7) is 1.93. The van der Waals surface area contributed by atoms with E-state index in [-0.39, 0.29) is 6.61 Å². The minimum atomic E-state index is -2.37. The summed E-state index contributed by atoms with van der Waals surface area (Å²) in [4.78, 5) is 11.6. The van der Waals surface area contributed by atoms with Gasteiger partial charge in [-0.1, -0.05) is 30.3 Å². The minimum absolute atomic E-state index is 0.240. The number of ether oxygens (including phenoxy) is 1. The van der Waals surface area contributed by atoms with Crippen LogP contribution in [0, 0.1) is 5.92 Å². The Hall–Kier alpha value is -1.62. The topological polar surface area (TPSA) is 60.4 Å². The molecule has 5 heteroatoms. The minimum Gasteiger partial charge on any atom is -0.466 e. The average molecular weight is 254 g/mol. The molecule has 1 aromatic rings. The van der Waals surface area contributed by atoms with Gasteiger partial charge in [-0.15, -0.1) is 0 Å². The van der Waals surface area contributed by atoms with E-state index in [4.69, 9.17) is 4.74 Å². The summed E-state index contributed by atoms with van der Waals surface area (Å²) in [7, 11) is -2.37. The summed E-state index contributed by atoms with van der Waals surface area (Å²) in [6.07, 6.45) is 0.327. The van der Waals surface area contributed by atoms with Gasteiger partial charge in [0.2, 0.25) is 10.3 Å². The lowest BCUT2D eigenvalue weighted by molar-refractivity contribution is -0.145. The van der Waals surface area contributed by atoms with Crippen LogP contribution < -0.4 is 0 Å². The fourth-order valence-electron chi connectivity index (χ4n) is 1.44. The molecular formula is C12H14O4S. The van der Waals surface area contributed by atoms with Crippen molar-refractivity contribution < 1.29 is 17.9 Å². The van der Waals surface area contributed by atoms with E-state index in [0.29, 0.717) is 6.42 Å². The first kappa shape index (κ1) is 13.4. The second-order valence-corrected chi connectivity index (χ2v) is 4.24. The first-order chi connectivity index (χ1) is 8.13. The second-order valence-electron chi connectivity index (χ2n) is 3.44. The highest BCUT2D eigenvalue weighted by Crippen LogP contribution is 2.08. The lowest BCUT2D eigenvalue weighted by Gasteiger charge is -2.09. The van der Waals surface area contributed by atoms with Crippen LogP contribution in [0.15, 0.2) is 30.3 Å². The maximum absolute atomic E-state index is 11.6. The summed E-state index contributed by atoms with van der Waals surface area (Å²) in [5, 5.41) is 0.977. The number of carbonyl (C=O) groups is 1. The van der Waals surface area contributed by atoms with Crippen molar-refractivity contribution in [2.24, 2.45) is 5.92 Å². The summed E-state index contributed by atoms with van der Waals surface area (Å²) >= 11 is 0. The number of hydrogen-bond donors (Lipinski definition) is 0. The Morgan fingerprint density at radius 1 is 1.35 bits per heavy atom. The van der Waals surface area contributed by atoms with Crippen molar-refractivity contribution in [3.8, 4) is 0 Å². The maximum atomic E-state index is 11.6. The molecule has 0 aliphatic carbocycles. The maximum Gasteiger partial charge on any atom is 0.314 e. The molecule has 0 N–H and O–H groups in total. The van der Waals surface area contributed by atoms with Gasteiger partial charge in [-0.3, -0.25) is 4.79 Å². The molecule has 4 nitrogen and oxygen atoms in total. The number of esters is 1. The molecule has 0 spiro atoms. The summed E-state index contributed by atoms with van der Waals surface area (Å²) in [5.41, 5.74) is 0.896. The van der Waals surface area contributed by atoms with Crippen LogP contribution in [0.5, 0.6) is 0 Å². The predicted molar refractivity (Wildman–Crippen MR) is 65.3 cm³/mol. The Morgan fingerprint density at radius 2 is 2.00 bits per heavy atom. The van der Waals surface area contributed by atoms with Crippen LogP contribution in [0.2, 0.25) is 0 Å². The van der Waals surface area contributed by atoms with Gasteiger partial charge in [-0.2, -0.15) is 8.42 Å². The molecule has 1 unspecified atom stereocenters. The monoisotopic (exact) mass is 254 g/mol. The number of hydrogen-bond acceptors (Lipinski definition) is 4. The number of rotatable bonds is 5. The van der Waals surface area contributed by atoms with Crippen molar-refractivity contribution in [3.63, 3.8) is 0 Å². The normalized spacial score (nSPS) is 11.6. The van der Waals surface area contributed by atoms with Gasteiger partial charge in [-0.05, 0) is 18.9 Å². The third-order valence-electron chi connectivity index (χ3n) is 2.16. The number of carbonyl (C=O) groups excluding carboxylic acids is 1. The van der Waals surface area contributed by atoms with Gasteiger partial charge in [0.1, 0.15) is 0 Å². The van der Waals surface area contributed by atoms with Gasteiger partial charge in [0.25, 0.3) is 0 Å². The lowest BCUT2D eigenvalue weighted by atomic mass is 10.0. The fourth-order valence-corrected chi connectivity index (χ4v) is 1.91. The van der Waals surface area contributed by atoms with Crippen molar-refractivity contribution in [3.05, 3.63) is 35.9 Å². The quantitative estimate of drug-likeness (QED) is 0.583. The highest BCUT2D eigenvalue weighted by molar-refractivity contribution is 7.71. The molecule has 0 radical (unpaired) electrons. The van der Waals surface area contributed by atoms with E-state index in [1.807, 2.05) is 30.3 Å². The van der Waals surface area contributed by atoms with Crippen molar-refractivity contribution in [2.75, 3.05) is 6.61 Å². The van der Waals surface area contributed by atoms with Crippen LogP contribution in [0.3, 0.4) is 0 Å². The first-order valence-corrected chi connectivity index (χ1v) is 6.41. The van der Waals surface area contributed by atoms with Crippen LogP contribution in [-0.4, -0.2) is 26.4 Å². The molecule has 0 amide bonds. The smallest absolute Gasteiger partial charge is 0.314 e. The molecule has 0 fully saturated rings. The van der Waals surface area contributed by atoms with E-state index in [1.54, 1.807) is 6.92 Å². The Kier molecular flexibility index (Phi) is 5.42. The predicted octanol–water partition coefficient (Wildman–Crippen LogP) is 1.09. The molecule has 0 aliphatic heterocycles. The van der Waals surface area contributed by atoms with Crippen molar-refractivity contribution >= 4 is 21.6 Å². The average Bonchev–Trinajstić information content (AvgIpc) is 2.29. The van der Waals surface area contributed by atoms with E-state index in [9.17, 15) is 13.2 Å². The van der Waals surface area contributed by atoms with Crippen LogP contribution in [0.25, 0.3) is 0 Å². The zero-order chi connectivity index (χ0) is 12.7. The van der Waals surface area contributed by atoms with Gasteiger partial charge >= 0.3 is 5.97 Å². The molecular weight excluding hydrogens is 240 g/mol. The molecule has 0 bridgehead atoms. The lowest BCUT2D eigenvalue weighted by Crippen LogP contribution is -2.21. The molecule has 1 aromatic carbocycles. The Bertz CT molecular complexity index is 482. The summed E-state index contributed by atoms with van der Waals surface area (Å²) < 4.78 is 26.1. The van der Waals surface area contributed by atoms with Crippen molar-refractivity contribution in [1.29, 1.82) is 0 Å². The van der Waals surface area contributed by atoms with E-state index in [0.717, 1.165) is 10.9 Å². The highest BCUT2D eigenvalue weighted by Gasteiger charge is 2.18. The fraction of sp³-hybridized carbons (Fsp3) is 0.333. The van der Waals surface area contributed by atoms with Gasteiger partial charge in [0, 0.05) is 0 Å². The van der Waals surface area contributed by atoms with E-state index in [2.05, 4.69) is 0 Å². The van der Waals surface area contributed by atoms with Crippen LogP contribution in [0.4, 0.5) is 0 Å². The molecule has 0 aliphatic rings. The van der Waals surface area contributed by atoms with Gasteiger partial charge in [0.15, 0.2) is 0 Å². The standard InChI is InChI=1S/C12H14O4S/c1-2-16-12(13)11(9-17(14)15)8-10-6-4-3-5-7-10/h3-7,9,11H,2,8H2,1H3. The number of benzene rings is 1. The molecule has 1 atom stereocenters. The first-order valence-electron chi connectivity index (χ1n) is 5.27. The summed E-state index contributed by atoms with van der Waals surface area (Å²) in [6, 6.07) is 9.22. The van der Waals surface area contributed by atoms with Crippen LogP contribution in [-0.2, 0) is 26.2 Å². The van der Waals surface area contributed by atoms with E-state index >= 15 is 0 Å². The van der Waals surface area contributed by atoms with Crippen LogP contribution >= 0.6 is 0 Å². The van der Waals surface area contributed by atoms with Crippen molar-refractivity contribution in [2.45, 2.75) is 13.3 Å². The zero-order valence-electron chi connectivity index (χ0n) is 9.50. The largest absolute Gasteiger partial charge is 0.466 e. The molecule has 0 saturated heterocycles. The zero-order valence-corrected chi connectivity index (χ0v) is 10.3. The molecule has 17 heavy (non-hydrogen) atoms. The van der Waals surface area contributed by atoms with Gasteiger partial charge in [0.05, 0.1) is 17.9 Å². The van der Waals surface area contributed by atoms with Crippen molar-refractivity contribution in [1.82, 2.24) is 0 Å². The van der Waals surface area contributed by atoms with E-state index < -0.39 is 22.2 Å². The van der Waals surface area contributed by atoms with Gasteiger partial charge < -0.3 is 4.74 Å². The molecule has 0 saturated carbocycles. The molecule has 0 heterocycles. The molecule has 1 rings (SSSR count). The third-order valence-corrected chi connectivity index (χ3v) is 2.71. The highest BCUT2D eigenvalue weighted by atomic mass is 32.2. The Balaban J connectivity index is 2.85. The van der Waals surface area contributed by atoms with Gasteiger partial charge in [-0.25, -0.2) is 0 Å². The molecule has 0 aromatic heterocycles.